The van der Waals surface area contributed by atoms with E-state index in [-0.39, 0.29) is 23.8 Å². The van der Waals surface area contributed by atoms with Crippen molar-refractivity contribution in [3.8, 4) is 16.9 Å². The molecule has 1 unspecified atom stereocenters. The van der Waals surface area contributed by atoms with Crippen LogP contribution in [-0.4, -0.2) is 6.54 Å². The molecule has 0 aromatic heterocycles. The summed E-state index contributed by atoms with van der Waals surface area (Å²) >= 11 is 0. The lowest BCUT2D eigenvalue weighted by molar-refractivity contribution is -0.143. The normalized spacial score (nSPS) is 15.4. The summed E-state index contributed by atoms with van der Waals surface area (Å²) in [7, 11) is 0. The molecule has 0 heterocycles. The van der Waals surface area contributed by atoms with Gasteiger partial charge in [-0.05, 0) is 89.9 Å². The molecule has 0 amide bonds. The van der Waals surface area contributed by atoms with Crippen LogP contribution in [0.1, 0.15) is 54.5 Å². The summed E-state index contributed by atoms with van der Waals surface area (Å²) in [6.07, 6.45) is -5.58. The molecule has 3 aromatic carbocycles. The largest absolute Gasteiger partial charge is 0.489 e. The highest BCUT2D eigenvalue weighted by atomic mass is 19.4. The van der Waals surface area contributed by atoms with Crippen LogP contribution in [0.2, 0.25) is 0 Å². The van der Waals surface area contributed by atoms with Crippen molar-refractivity contribution in [3.63, 3.8) is 0 Å². The highest BCUT2D eigenvalue weighted by Crippen LogP contribution is 2.38. The minimum atomic E-state index is -4.89. The SMILES string of the molecule is CCC.NCC1CCc2cc(OCc3ccc(-c4cc(C(F)(F)F)cc(C(F)(F)F)c4)cc3)ccc2C1. The Kier molecular flexibility index (Phi) is 9.29. The second-order valence-electron chi connectivity index (χ2n) is 9.26. The van der Waals surface area contributed by atoms with Gasteiger partial charge >= 0.3 is 12.4 Å². The van der Waals surface area contributed by atoms with Crippen LogP contribution in [0.25, 0.3) is 11.1 Å². The molecule has 0 saturated carbocycles. The van der Waals surface area contributed by atoms with E-state index in [9.17, 15) is 26.3 Å². The van der Waals surface area contributed by atoms with Crippen molar-refractivity contribution in [1.29, 1.82) is 0 Å². The molecule has 0 fully saturated rings. The standard InChI is InChI=1S/C26H23F6NO.C3H8/c27-25(28,29)22-10-21(11-23(13-22)26(30,31)32)18-4-1-16(2-5-18)15-34-24-8-7-19-9-17(14-33)3-6-20(19)12-24;1-3-2/h1-2,4-5,7-8,10-13,17H,3,6,9,14-15,33H2;3H2,1-2H3. The number of ether oxygens (including phenoxy) is 1. The maximum Gasteiger partial charge on any atom is 0.416 e. The second-order valence-corrected chi connectivity index (χ2v) is 9.26. The van der Waals surface area contributed by atoms with Crippen molar-refractivity contribution in [2.24, 2.45) is 11.7 Å². The molecule has 1 aliphatic carbocycles. The molecule has 0 bridgehead atoms. The fourth-order valence-electron chi connectivity index (χ4n) is 4.18. The molecule has 0 aliphatic heterocycles. The molecule has 2 N–H and O–H groups in total. The minimum absolute atomic E-state index is 0.125. The molecule has 8 heteroatoms. The molecule has 37 heavy (non-hydrogen) atoms. The van der Waals surface area contributed by atoms with E-state index in [4.69, 9.17) is 10.5 Å². The molecule has 0 spiro atoms. The van der Waals surface area contributed by atoms with Crippen molar-refractivity contribution >= 4 is 0 Å². The molecule has 0 radical (unpaired) electrons. The van der Waals surface area contributed by atoms with Crippen LogP contribution in [0.4, 0.5) is 26.3 Å². The van der Waals surface area contributed by atoms with E-state index in [0.717, 1.165) is 37.0 Å². The number of hydrogen-bond acceptors (Lipinski definition) is 2. The van der Waals surface area contributed by atoms with Gasteiger partial charge in [0.15, 0.2) is 0 Å². The van der Waals surface area contributed by atoms with Gasteiger partial charge in [-0.3, -0.25) is 0 Å². The maximum atomic E-state index is 13.1. The van der Waals surface area contributed by atoms with Crippen molar-refractivity contribution in [2.75, 3.05) is 6.54 Å². The third-order valence-electron chi connectivity index (χ3n) is 6.12. The zero-order valence-electron chi connectivity index (χ0n) is 20.8. The molecule has 3 aromatic rings. The fraction of sp³-hybridized carbons (Fsp3) is 0.379. The van der Waals surface area contributed by atoms with Crippen molar-refractivity contribution < 1.29 is 31.1 Å². The molecule has 1 atom stereocenters. The van der Waals surface area contributed by atoms with Crippen LogP contribution in [0.15, 0.2) is 60.7 Å². The Labute approximate surface area is 213 Å². The third-order valence-corrected chi connectivity index (χ3v) is 6.12. The first-order valence-corrected chi connectivity index (χ1v) is 12.3. The van der Waals surface area contributed by atoms with Crippen molar-refractivity contribution in [1.82, 2.24) is 0 Å². The van der Waals surface area contributed by atoms with E-state index in [1.165, 1.54) is 29.7 Å². The van der Waals surface area contributed by atoms with Gasteiger partial charge in [0.05, 0.1) is 11.1 Å². The molecule has 1 aliphatic rings. The van der Waals surface area contributed by atoms with Crippen molar-refractivity contribution in [2.45, 2.75) is 58.5 Å². The average Bonchev–Trinajstić information content (AvgIpc) is 2.86. The number of alkyl halides is 6. The molecule has 2 nitrogen and oxygen atoms in total. The van der Waals surface area contributed by atoms with Crippen molar-refractivity contribution in [3.05, 3.63) is 88.5 Å². The predicted octanol–water partition coefficient (Wildman–Crippen LogP) is 8.45. The molecular weight excluding hydrogens is 492 g/mol. The van der Waals surface area contributed by atoms with Gasteiger partial charge in [0.25, 0.3) is 0 Å². The predicted molar refractivity (Wildman–Crippen MR) is 133 cm³/mol. The van der Waals surface area contributed by atoms with Gasteiger partial charge in [0, 0.05) is 0 Å². The summed E-state index contributed by atoms with van der Waals surface area (Å²) < 4.78 is 84.6. The van der Waals surface area contributed by atoms with Crippen LogP contribution >= 0.6 is 0 Å². The molecule has 200 valence electrons. The number of rotatable bonds is 5. The third kappa shape index (κ3) is 7.74. The van der Waals surface area contributed by atoms with Crippen LogP contribution in [-0.2, 0) is 31.8 Å². The second kappa shape index (κ2) is 12.0. The molecule has 0 saturated heterocycles. The van der Waals surface area contributed by atoms with E-state index in [1.54, 1.807) is 12.1 Å². The highest BCUT2D eigenvalue weighted by molar-refractivity contribution is 5.66. The molecular formula is C29H31F6NO. The van der Waals surface area contributed by atoms with E-state index < -0.39 is 23.5 Å². The Morgan fingerprint density at radius 2 is 1.38 bits per heavy atom. The van der Waals surface area contributed by atoms with E-state index >= 15 is 0 Å². The van der Waals surface area contributed by atoms with Crippen LogP contribution in [0, 0.1) is 5.92 Å². The molecule has 4 rings (SSSR count). The first-order chi connectivity index (χ1) is 17.4. The quantitative estimate of drug-likeness (QED) is 0.341. The van der Waals surface area contributed by atoms with Gasteiger partial charge in [-0.2, -0.15) is 26.3 Å². The summed E-state index contributed by atoms with van der Waals surface area (Å²) in [4.78, 5) is 0. The van der Waals surface area contributed by atoms with E-state index in [1.807, 2.05) is 18.2 Å². The van der Waals surface area contributed by atoms with Gasteiger partial charge in [-0.15, -0.1) is 0 Å². The lowest BCUT2D eigenvalue weighted by Crippen LogP contribution is -2.22. The lowest BCUT2D eigenvalue weighted by Gasteiger charge is -2.23. The zero-order valence-corrected chi connectivity index (χ0v) is 20.8. The summed E-state index contributed by atoms with van der Waals surface area (Å²) in [6, 6.07) is 13.8. The summed E-state index contributed by atoms with van der Waals surface area (Å²) in [6.45, 7) is 5.15. The lowest BCUT2D eigenvalue weighted by atomic mass is 9.84. The fourth-order valence-corrected chi connectivity index (χ4v) is 4.18. The van der Waals surface area contributed by atoms with Crippen LogP contribution in [0.5, 0.6) is 5.75 Å². The average molecular weight is 524 g/mol. The number of benzene rings is 3. The van der Waals surface area contributed by atoms with E-state index in [2.05, 4.69) is 13.8 Å². The monoisotopic (exact) mass is 523 g/mol. The Morgan fingerprint density at radius 1 is 0.784 bits per heavy atom. The van der Waals surface area contributed by atoms with Gasteiger partial charge < -0.3 is 10.5 Å². The van der Waals surface area contributed by atoms with E-state index in [0.29, 0.717) is 18.2 Å². The zero-order chi connectivity index (χ0) is 27.2. The number of fused-ring (bicyclic) bond motifs is 1. The van der Waals surface area contributed by atoms with Gasteiger partial charge in [-0.1, -0.05) is 50.6 Å². The maximum absolute atomic E-state index is 13.1. The Bertz CT molecular complexity index is 1140. The smallest absolute Gasteiger partial charge is 0.416 e. The number of hydrogen-bond donors (Lipinski definition) is 1. The Morgan fingerprint density at radius 3 is 1.92 bits per heavy atom. The minimum Gasteiger partial charge on any atom is -0.489 e. The summed E-state index contributed by atoms with van der Waals surface area (Å²) in [5.41, 5.74) is 6.46. The summed E-state index contributed by atoms with van der Waals surface area (Å²) in [5, 5.41) is 0. The van der Waals surface area contributed by atoms with Crippen LogP contribution in [0.3, 0.4) is 0 Å². The summed E-state index contributed by atoms with van der Waals surface area (Å²) in [5.74, 6) is 1.21. The van der Waals surface area contributed by atoms with Gasteiger partial charge in [0.2, 0.25) is 0 Å². The Hall–Kier alpha value is -3.00. The van der Waals surface area contributed by atoms with Gasteiger partial charge in [-0.25, -0.2) is 0 Å². The van der Waals surface area contributed by atoms with Crippen LogP contribution < -0.4 is 10.5 Å². The number of nitrogens with two attached hydrogens (primary N) is 1. The number of aryl methyl sites for hydroxylation is 1. The number of halogens is 6. The van der Waals surface area contributed by atoms with Gasteiger partial charge in [0.1, 0.15) is 12.4 Å². The topological polar surface area (TPSA) is 35.2 Å². The first-order valence-electron chi connectivity index (χ1n) is 12.3. The highest BCUT2D eigenvalue weighted by Gasteiger charge is 2.37. The first kappa shape index (κ1) is 28.6. The Balaban J connectivity index is 0.00000121.